The summed E-state index contributed by atoms with van der Waals surface area (Å²) in [7, 11) is 0. The van der Waals surface area contributed by atoms with Crippen molar-refractivity contribution < 1.29 is 24.6 Å². The maximum Gasteiger partial charge on any atom is 0.337 e. The van der Waals surface area contributed by atoms with Gasteiger partial charge in [0.2, 0.25) is 0 Å². The largest absolute Gasteiger partial charge is 0.480 e. The zero-order valence-corrected chi connectivity index (χ0v) is 12.9. The van der Waals surface area contributed by atoms with E-state index >= 15 is 0 Å². The summed E-state index contributed by atoms with van der Waals surface area (Å²) in [4.78, 5) is 35.8. The number of para-hydroxylation sites is 1. The topological polar surface area (TPSA) is 107 Å². The fourth-order valence-electron chi connectivity index (χ4n) is 2.32. The van der Waals surface area contributed by atoms with Crippen molar-refractivity contribution in [3.8, 4) is 0 Å². The van der Waals surface area contributed by atoms with Gasteiger partial charge in [-0.3, -0.25) is 4.90 Å². The van der Waals surface area contributed by atoms with Crippen molar-refractivity contribution in [3.63, 3.8) is 0 Å². The molecule has 2 atom stereocenters. The molecule has 0 spiro atoms. The third kappa shape index (κ3) is 3.01. The number of aliphatic carboxylic acids is 2. The molecule has 1 aromatic rings. The molecular weight excluding hydrogens is 308 g/mol. The Labute approximate surface area is 131 Å². The van der Waals surface area contributed by atoms with Crippen LogP contribution in [-0.2, 0) is 9.59 Å². The number of nitrogens with one attached hydrogen (secondary N) is 1. The first-order valence-corrected chi connectivity index (χ1v) is 7.60. The van der Waals surface area contributed by atoms with Gasteiger partial charge in [0.05, 0.1) is 0 Å². The lowest BCUT2D eigenvalue weighted by atomic mass is 10.1. The second-order valence-electron chi connectivity index (χ2n) is 4.98. The molecule has 0 saturated carbocycles. The molecule has 1 aliphatic heterocycles. The smallest absolute Gasteiger partial charge is 0.337 e. The molecular formula is C14H16N2O5S. The van der Waals surface area contributed by atoms with Gasteiger partial charge in [0, 0.05) is 11.4 Å². The van der Waals surface area contributed by atoms with Crippen LogP contribution in [0, 0.1) is 13.8 Å². The van der Waals surface area contributed by atoms with Crippen LogP contribution in [0.3, 0.4) is 0 Å². The number of carbonyl (C=O) groups is 3. The number of carboxylic acid groups (broad SMARTS) is 2. The zero-order chi connectivity index (χ0) is 16.4. The highest BCUT2D eigenvalue weighted by Crippen LogP contribution is 2.31. The Kier molecular flexibility index (Phi) is 4.60. The summed E-state index contributed by atoms with van der Waals surface area (Å²) in [6.45, 7) is 3.62. The first kappa shape index (κ1) is 16.2. The highest BCUT2D eigenvalue weighted by molar-refractivity contribution is 8.00. The molecule has 0 bridgehead atoms. The van der Waals surface area contributed by atoms with Gasteiger partial charge in [-0.05, 0) is 25.0 Å². The van der Waals surface area contributed by atoms with Crippen LogP contribution in [0.5, 0.6) is 0 Å². The van der Waals surface area contributed by atoms with Crippen molar-refractivity contribution in [3.05, 3.63) is 29.3 Å². The van der Waals surface area contributed by atoms with E-state index < -0.39 is 29.4 Å². The summed E-state index contributed by atoms with van der Waals surface area (Å²) in [6.07, 6.45) is 0. The fraction of sp³-hybridized carbons (Fsp3) is 0.357. The summed E-state index contributed by atoms with van der Waals surface area (Å²) < 4.78 is 0. The van der Waals surface area contributed by atoms with E-state index in [1.54, 1.807) is 0 Å². The number of urea groups is 1. The molecule has 1 fully saturated rings. The number of thioether (sulfide) groups is 1. The summed E-state index contributed by atoms with van der Waals surface area (Å²) in [5, 5.41) is 19.8. The molecule has 1 saturated heterocycles. The number of carboxylic acids is 2. The van der Waals surface area contributed by atoms with E-state index in [0.29, 0.717) is 5.69 Å². The molecule has 1 aromatic carbocycles. The second-order valence-corrected chi connectivity index (χ2v) is 6.10. The molecule has 0 radical (unpaired) electrons. The van der Waals surface area contributed by atoms with E-state index in [-0.39, 0.29) is 5.75 Å². The maximum absolute atomic E-state index is 12.4. The first-order chi connectivity index (χ1) is 10.3. The van der Waals surface area contributed by atoms with Crippen molar-refractivity contribution in [2.75, 3.05) is 11.1 Å². The van der Waals surface area contributed by atoms with E-state index in [4.69, 9.17) is 0 Å². The molecule has 22 heavy (non-hydrogen) atoms. The van der Waals surface area contributed by atoms with Crippen molar-refractivity contribution >= 4 is 35.4 Å². The van der Waals surface area contributed by atoms with Gasteiger partial charge in [-0.25, -0.2) is 14.4 Å². The summed E-state index contributed by atoms with van der Waals surface area (Å²) >= 11 is 0.927. The van der Waals surface area contributed by atoms with E-state index in [1.807, 2.05) is 32.0 Å². The lowest BCUT2D eigenvalue weighted by molar-refractivity contribution is -0.143. The summed E-state index contributed by atoms with van der Waals surface area (Å²) in [5.74, 6) is -2.40. The lowest BCUT2D eigenvalue weighted by Crippen LogP contribution is -2.50. The number of rotatable bonds is 3. The molecule has 7 nitrogen and oxygen atoms in total. The molecule has 0 aliphatic carbocycles. The van der Waals surface area contributed by atoms with Gasteiger partial charge in [-0.15, -0.1) is 11.8 Å². The quantitative estimate of drug-likeness (QED) is 0.782. The van der Waals surface area contributed by atoms with Crippen LogP contribution in [0.1, 0.15) is 11.1 Å². The first-order valence-electron chi connectivity index (χ1n) is 6.55. The molecule has 3 N–H and O–H groups in total. The Morgan fingerprint density at radius 3 is 2.27 bits per heavy atom. The third-order valence-electron chi connectivity index (χ3n) is 3.44. The van der Waals surface area contributed by atoms with E-state index in [1.165, 1.54) is 0 Å². The number of hydrogen-bond donors (Lipinski definition) is 3. The molecule has 8 heteroatoms. The van der Waals surface area contributed by atoms with Gasteiger partial charge in [0.15, 0.2) is 5.37 Å². The second kappa shape index (κ2) is 6.27. The van der Waals surface area contributed by atoms with Gasteiger partial charge in [0.1, 0.15) is 6.04 Å². The number of amides is 2. The molecule has 2 rings (SSSR count). The Hall–Kier alpha value is -2.22. The Morgan fingerprint density at radius 2 is 1.77 bits per heavy atom. The molecule has 0 unspecified atom stereocenters. The fourth-order valence-corrected chi connectivity index (χ4v) is 3.53. The molecule has 2 amide bonds. The van der Waals surface area contributed by atoms with Crippen molar-refractivity contribution in [2.24, 2.45) is 0 Å². The normalized spacial score (nSPS) is 20.7. The summed E-state index contributed by atoms with van der Waals surface area (Å²) in [5.41, 5.74) is 2.20. The highest BCUT2D eigenvalue weighted by atomic mass is 32.2. The van der Waals surface area contributed by atoms with E-state index in [0.717, 1.165) is 27.8 Å². The minimum Gasteiger partial charge on any atom is -0.480 e. The number of nitrogens with zero attached hydrogens (tertiary/aromatic N) is 1. The molecule has 1 heterocycles. The SMILES string of the molecule is Cc1cccc(C)c1NC(=O)N1[C@H](C(=O)O)CS[C@H]1C(=O)O. The van der Waals surface area contributed by atoms with Crippen LogP contribution in [0.2, 0.25) is 0 Å². The van der Waals surface area contributed by atoms with Gasteiger partial charge in [-0.1, -0.05) is 18.2 Å². The predicted molar refractivity (Wildman–Crippen MR) is 82.1 cm³/mol. The number of anilines is 1. The number of hydrogen-bond acceptors (Lipinski definition) is 4. The van der Waals surface area contributed by atoms with E-state index in [2.05, 4.69) is 5.32 Å². The van der Waals surface area contributed by atoms with Crippen LogP contribution in [0.15, 0.2) is 18.2 Å². The molecule has 1 aliphatic rings. The monoisotopic (exact) mass is 324 g/mol. The zero-order valence-electron chi connectivity index (χ0n) is 12.1. The van der Waals surface area contributed by atoms with Crippen LogP contribution in [0.25, 0.3) is 0 Å². The van der Waals surface area contributed by atoms with E-state index in [9.17, 15) is 24.6 Å². The van der Waals surface area contributed by atoms with Crippen LogP contribution in [0.4, 0.5) is 10.5 Å². The van der Waals surface area contributed by atoms with Gasteiger partial charge in [0.25, 0.3) is 0 Å². The number of benzene rings is 1. The number of carbonyl (C=O) groups excluding carboxylic acids is 1. The van der Waals surface area contributed by atoms with Gasteiger partial charge >= 0.3 is 18.0 Å². The van der Waals surface area contributed by atoms with Crippen LogP contribution >= 0.6 is 11.8 Å². The molecule has 118 valence electrons. The number of aryl methyl sites for hydroxylation is 2. The third-order valence-corrected chi connectivity index (χ3v) is 4.70. The van der Waals surface area contributed by atoms with Gasteiger partial charge < -0.3 is 15.5 Å². The standard InChI is InChI=1S/C14H16N2O5S/c1-7-4-3-5-8(2)10(7)15-14(21)16-9(12(17)18)6-22-11(16)13(19)20/h3-5,9,11H,6H2,1-2H3,(H,15,21)(H,17,18)(H,19,20)/t9-,11-/m0/s1. The van der Waals surface area contributed by atoms with Crippen LogP contribution in [-0.4, -0.2) is 50.3 Å². The minimum absolute atomic E-state index is 0.0481. The average molecular weight is 324 g/mol. The predicted octanol–water partition coefficient (Wildman–Crippen LogP) is 1.75. The van der Waals surface area contributed by atoms with Crippen LogP contribution < -0.4 is 5.32 Å². The Morgan fingerprint density at radius 1 is 1.18 bits per heavy atom. The lowest BCUT2D eigenvalue weighted by Gasteiger charge is -2.25. The van der Waals surface area contributed by atoms with Crippen molar-refractivity contribution in [1.29, 1.82) is 0 Å². The maximum atomic E-state index is 12.4. The van der Waals surface area contributed by atoms with Gasteiger partial charge in [-0.2, -0.15) is 0 Å². The Balaban J connectivity index is 2.28. The minimum atomic E-state index is -1.23. The highest BCUT2D eigenvalue weighted by Gasteiger charge is 2.45. The molecule has 0 aromatic heterocycles. The van der Waals surface area contributed by atoms with Crippen molar-refractivity contribution in [1.82, 2.24) is 4.90 Å². The van der Waals surface area contributed by atoms with Crippen molar-refractivity contribution in [2.45, 2.75) is 25.3 Å². The summed E-state index contributed by atoms with van der Waals surface area (Å²) in [6, 6.07) is 3.58. The Bertz CT molecular complexity index is 591. The average Bonchev–Trinajstić information content (AvgIpc) is 2.88.